The molecule has 0 aliphatic carbocycles. The first-order valence-corrected chi connectivity index (χ1v) is 7.18. The second kappa shape index (κ2) is 7.05. The monoisotopic (exact) mass is 315 g/mol. The van der Waals surface area contributed by atoms with Crippen LogP contribution in [0.5, 0.6) is 0 Å². The van der Waals surface area contributed by atoms with Crippen LogP contribution in [0.3, 0.4) is 0 Å². The molecule has 0 aliphatic rings. The molecule has 0 saturated carbocycles. The molecule has 0 spiro atoms. The molecule has 0 unspecified atom stereocenters. The van der Waals surface area contributed by atoms with Crippen molar-refractivity contribution < 1.29 is 18.7 Å². The Balaban J connectivity index is 1.92. The summed E-state index contributed by atoms with van der Waals surface area (Å²) < 4.78 is 18.1. The maximum Gasteiger partial charge on any atom is 0.316 e. The van der Waals surface area contributed by atoms with Gasteiger partial charge in [-0.2, -0.15) is 0 Å². The molecule has 0 bridgehead atoms. The number of carbonyl (C=O) groups is 2. The lowest BCUT2D eigenvalue weighted by atomic mass is 9.85. The predicted molar refractivity (Wildman–Crippen MR) is 85.5 cm³/mol. The smallest absolute Gasteiger partial charge is 0.316 e. The number of carbonyl (C=O) groups excluding carboxylic acids is 2. The molecule has 2 aromatic carbocycles. The predicted octanol–water partition coefficient (Wildman–Crippen LogP) is 3.29. The van der Waals surface area contributed by atoms with Gasteiger partial charge in [0.15, 0.2) is 6.61 Å². The van der Waals surface area contributed by atoms with Crippen LogP contribution in [0.4, 0.5) is 10.1 Å². The van der Waals surface area contributed by atoms with Gasteiger partial charge in [0.25, 0.3) is 5.91 Å². The standard InChI is InChI=1S/C18H18FNO3/c1-18(2,13-7-4-3-5-8-13)17(22)23-12-16(21)20-15-10-6-9-14(19)11-15/h3-11H,12H2,1-2H3,(H,20,21). The zero-order valence-electron chi connectivity index (χ0n) is 13.0. The summed E-state index contributed by atoms with van der Waals surface area (Å²) in [6.45, 7) is 3.04. The van der Waals surface area contributed by atoms with E-state index in [1.54, 1.807) is 19.9 Å². The number of rotatable bonds is 5. The number of anilines is 1. The molecule has 0 fully saturated rings. The van der Waals surface area contributed by atoms with Crippen molar-refractivity contribution in [2.45, 2.75) is 19.3 Å². The molecule has 0 radical (unpaired) electrons. The highest BCUT2D eigenvalue weighted by molar-refractivity contribution is 5.93. The Morgan fingerprint density at radius 3 is 2.43 bits per heavy atom. The second-order valence-corrected chi connectivity index (χ2v) is 5.63. The molecule has 0 heterocycles. The summed E-state index contributed by atoms with van der Waals surface area (Å²) in [5.74, 6) is -1.48. The van der Waals surface area contributed by atoms with E-state index in [4.69, 9.17) is 4.74 Å². The van der Waals surface area contributed by atoms with Crippen molar-refractivity contribution in [3.05, 3.63) is 66.0 Å². The lowest BCUT2D eigenvalue weighted by molar-refractivity contribution is -0.152. The number of hydrogen-bond donors (Lipinski definition) is 1. The average molecular weight is 315 g/mol. The average Bonchev–Trinajstić information content (AvgIpc) is 2.53. The zero-order valence-corrected chi connectivity index (χ0v) is 13.0. The fourth-order valence-corrected chi connectivity index (χ4v) is 2.05. The number of esters is 1. The molecule has 0 aliphatic heterocycles. The van der Waals surface area contributed by atoms with Gasteiger partial charge in [0, 0.05) is 5.69 Å². The molecule has 1 amide bonds. The van der Waals surface area contributed by atoms with Gasteiger partial charge in [-0.3, -0.25) is 9.59 Å². The second-order valence-electron chi connectivity index (χ2n) is 5.63. The lowest BCUT2D eigenvalue weighted by Crippen LogP contribution is -2.33. The minimum Gasteiger partial charge on any atom is -0.455 e. The highest BCUT2D eigenvalue weighted by atomic mass is 19.1. The molecule has 2 aromatic rings. The molecule has 120 valence electrons. The number of amides is 1. The fraction of sp³-hybridized carbons (Fsp3) is 0.222. The van der Waals surface area contributed by atoms with E-state index in [1.165, 1.54) is 18.2 Å². The topological polar surface area (TPSA) is 55.4 Å². The van der Waals surface area contributed by atoms with Crippen LogP contribution >= 0.6 is 0 Å². The number of halogens is 1. The van der Waals surface area contributed by atoms with Crippen LogP contribution in [0.2, 0.25) is 0 Å². The molecule has 0 saturated heterocycles. The molecule has 4 nitrogen and oxygen atoms in total. The van der Waals surface area contributed by atoms with Crippen molar-refractivity contribution in [1.29, 1.82) is 0 Å². The molecular formula is C18H18FNO3. The summed E-state index contributed by atoms with van der Waals surface area (Å²) in [5.41, 5.74) is 0.254. The van der Waals surface area contributed by atoms with E-state index in [0.717, 1.165) is 5.56 Å². The van der Waals surface area contributed by atoms with Gasteiger partial charge < -0.3 is 10.1 Å². The van der Waals surface area contributed by atoms with E-state index in [0.29, 0.717) is 5.69 Å². The maximum absolute atomic E-state index is 13.0. The Morgan fingerprint density at radius 1 is 1.09 bits per heavy atom. The molecule has 23 heavy (non-hydrogen) atoms. The quantitative estimate of drug-likeness (QED) is 0.862. The molecular weight excluding hydrogens is 297 g/mol. The van der Waals surface area contributed by atoms with Gasteiger partial charge in [-0.05, 0) is 37.6 Å². The van der Waals surface area contributed by atoms with Crippen LogP contribution in [0, 0.1) is 5.82 Å². The third kappa shape index (κ3) is 4.39. The van der Waals surface area contributed by atoms with E-state index in [1.807, 2.05) is 30.3 Å². The van der Waals surface area contributed by atoms with Gasteiger partial charge in [-0.25, -0.2) is 4.39 Å². The van der Waals surface area contributed by atoms with Crippen LogP contribution in [-0.4, -0.2) is 18.5 Å². The van der Waals surface area contributed by atoms with Crippen molar-refractivity contribution in [3.63, 3.8) is 0 Å². The summed E-state index contributed by atoms with van der Waals surface area (Å²) in [6.07, 6.45) is 0. The minimum atomic E-state index is -0.861. The van der Waals surface area contributed by atoms with Crippen molar-refractivity contribution in [3.8, 4) is 0 Å². The van der Waals surface area contributed by atoms with Crippen LogP contribution in [0.15, 0.2) is 54.6 Å². The van der Waals surface area contributed by atoms with Gasteiger partial charge in [-0.15, -0.1) is 0 Å². The highest BCUT2D eigenvalue weighted by Crippen LogP contribution is 2.24. The van der Waals surface area contributed by atoms with Gasteiger partial charge >= 0.3 is 5.97 Å². The molecule has 0 aromatic heterocycles. The van der Waals surface area contributed by atoms with Crippen molar-refractivity contribution in [1.82, 2.24) is 0 Å². The van der Waals surface area contributed by atoms with Crippen molar-refractivity contribution >= 4 is 17.6 Å². The van der Waals surface area contributed by atoms with E-state index >= 15 is 0 Å². The summed E-state index contributed by atoms with van der Waals surface area (Å²) in [5, 5.41) is 2.47. The Labute approximate surface area is 134 Å². The Hall–Kier alpha value is -2.69. The molecule has 2 rings (SSSR count). The minimum absolute atomic E-state index is 0.313. The van der Waals surface area contributed by atoms with Crippen molar-refractivity contribution in [2.75, 3.05) is 11.9 Å². The van der Waals surface area contributed by atoms with Gasteiger partial charge in [0.1, 0.15) is 5.82 Å². The van der Waals surface area contributed by atoms with Crippen LogP contribution < -0.4 is 5.32 Å². The van der Waals surface area contributed by atoms with E-state index in [9.17, 15) is 14.0 Å². The largest absolute Gasteiger partial charge is 0.455 e. The number of ether oxygens (including phenoxy) is 1. The number of benzene rings is 2. The third-order valence-electron chi connectivity index (χ3n) is 3.45. The van der Waals surface area contributed by atoms with E-state index < -0.39 is 29.7 Å². The van der Waals surface area contributed by atoms with E-state index in [2.05, 4.69) is 5.32 Å². The number of nitrogens with one attached hydrogen (secondary N) is 1. The summed E-state index contributed by atoms with van der Waals surface area (Å²) in [6, 6.07) is 14.7. The van der Waals surface area contributed by atoms with Crippen LogP contribution in [0.1, 0.15) is 19.4 Å². The SMILES string of the molecule is CC(C)(C(=O)OCC(=O)Nc1cccc(F)c1)c1ccccc1. The van der Waals surface area contributed by atoms with Gasteiger partial charge in [-0.1, -0.05) is 36.4 Å². The first-order valence-electron chi connectivity index (χ1n) is 7.18. The normalized spacial score (nSPS) is 10.9. The molecule has 5 heteroatoms. The highest BCUT2D eigenvalue weighted by Gasteiger charge is 2.31. The Kier molecular flexibility index (Phi) is 5.11. The number of hydrogen-bond acceptors (Lipinski definition) is 3. The Bertz CT molecular complexity index is 698. The summed E-state index contributed by atoms with van der Waals surface area (Å²) >= 11 is 0. The summed E-state index contributed by atoms with van der Waals surface area (Å²) in [7, 11) is 0. The molecule has 1 N–H and O–H groups in total. The Morgan fingerprint density at radius 2 is 1.78 bits per heavy atom. The maximum atomic E-state index is 13.0. The third-order valence-corrected chi connectivity index (χ3v) is 3.45. The van der Waals surface area contributed by atoms with Crippen LogP contribution in [0.25, 0.3) is 0 Å². The first-order chi connectivity index (χ1) is 10.9. The lowest BCUT2D eigenvalue weighted by Gasteiger charge is -2.22. The fourth-order valence-electron chi connectivity index (χ4n) is 2.05. The summed E-state index contributed by atoms with van der Waals surface area (Å²) in [4.78, 5) is 24.0. The zero-order chi connectivity index (χ0) is 16.9. The van der Waals surface area contributed by atoms with Crippen LogP contribution in [-0.2, 0) is 19.7 Å². The van der Waals surface area contributed by atoms with Crippen molar-refractivity contribution in [2.24, 2.45) is 0 Å². The van der Waals surface area contributed by atoms with Gasteiger partial charge in [0.05, 0.1) is 5.41 Å². The van der Waals surface area contributed by atoms with E-state index in [-0.39, 0.29) is 0 Å². The van der Waals surface area contributed by atoms with Gasteiger partial charge in [0.2, 0.25) is 0 Å². The first kappa shape index (κ1) is 16.7. The molecule has 0 atom stereocenters.